The van der Waals surface area contributed by atoms with E-state index in [0.717, 1.165) is 11.1 Å². The van der Waals surface area contributed by atoms with Crippen molar-refractivity contribution in [2.24, 2.45) is 0 Å². The van der Waals surface area contributed by atoms with Crippen molar-refractivity contribution in [3.8, 4) is 0 Å². The summed E-state index contributed by atoms with van der Waals surface area (Å²) in [6, 6.07) is 19.6. The summed E-state index contributed by atoms with van der Waals surface area (Å²) < 4.78 is 31.7. The third-order valence-electron chi connectivity index (χ3n) is 5.64. The Kier molecular flexibility index (Phi) is 5.90. The smallest absolute Gasteiger partial charge is 0.217 e. The molecule has 32 heavy (non-hydrogen) atoms. The van der Waals surface area contributed by atoms with Gasteiger partial charge in [0.05, 0.1) is 12.1 Å². The van der Waals surface area contributed by atoms with Crippen LogP contribution in [0.3, 0.4) is 0 Å². The van der Waals surface area contributed by atoms with Crippen LogP contribution in [0.5, 0.6) is 0 Å². The van der Waals surface area contributed by atoms with E-state index in [0.29, 0.717) is 34.0 Å². The minimum absolute atomic E-state index is 0.0370. The molecule has 0 N–H and O–H groups in total. The highest BCUT2D eigenvalue weighted by Gasteiger charge is 2.35. The van der Waals surface area contributed by atoms with Crippen LogP contribution < -0.4 is 0 Å². The van der Waals surface area contributed by atoms with E-state index >= 15 is 0 Å². The lowest BCUT2D eigenvalue weighted by atomic mass is 10.0. The van der Waals surface area contributed by atoms with Crippen molar-refractivity contribution in [2.75, 3.05) is 0 Å². The lowest BCUT2D eigenvalue weighted by molar-refractivity contribution is 0.328. The van der Waals surface area contributed by atoms with Crippen LogP contribution in [0.4, 0.5) is 8.78 Å². The fourth-order valence-electron chi connectivity index (χ4n) is 4.21. The molecule has 4 atom stereocenters. The first-order valence-electron chi connectivity index (χ1n) is 10.1. The summed E-state index contributed by atoms with van der Waals surface area (Å²) in [4.78, 5) is 8.08. The maximum atomic E-state index is 13.7. The lowest BCUT2D eigenvalue weighted by Gasteiger charge is -2.10. The zero-order valence-electron chi connectivity index (χ0n) is 16.7. The summed E-state index contributed by atoms with van der Waals surface area (Å²) in [5, 5.41) is 8.36. The number of rotatable bonds is 2. The number of halogens is 4. The highest BCUT2D eigenvalue weighted by Crippen LogP contribution is 2.40. The minimum atomic E-state index is -1.02. The number of fused-ring (bicyclic) bond motifs is 2. The van der Waals surface area contributed by atoms with Crippen LogP contribution in [-0.2, 0) is 0 Å². The molecule has 2 aromatic heterocycles. The molecular formula is C22H18Br2F2N6. The van der Waals surface area contributed by atoms with Crippen molar-refractivity contribution < 1.29 is 8.78 Å². The van der Waals surface area contributed by atoms with Crippen LogP contribution in [0.15, 0.2) is 70.1 Å². The molecule has 0 unspecified atom stereocenters. The molecule has 4 aromatic rings. The third kappa shape index (κ3) is 4.01. The van der Waals surface area contributed by atoms with Gasteiger partial charge < -0.3 is 0 Å². The Balaban J connectivity index is 0.000000135. The summed E-state index contributed by atoms with van der Waals surface area (Å²) >= 11 is 6.35. The van der Waals surface area contributed by atoms with Gasteiger partial charge in [-0.2, -0.15) is 0 Å². The summed E-state index contributed by atoms with van der Waals surface area (Å²) in [5.74, 6) is 0.835. The Morgan fingerprint density at radius 2 is 1.03 bits per heavy atom. The van der Waals surface area contributed by atoms with Crippen LogP contribution in [0.2, 0.25) is 0 Å². The number of hydrogen-bond donors (Lipinski definition) is 0. The van der Waals surface area contributed by atoms with E-state index in [4.69, 9.17) is 0 Å². The highest BCUT2D eigenvalue weighted by molar-refractivity contribution is 9.10. The van der Waals surface area contributed by atoms with Crippen molar-refractivity contribution in [3.63, 3.8) is 0 Å². The predicted octanol–water partition coefficient (Wildman–Crippen LogP) is 6.09. The number of hydrogen-bond acceptors (Lipinski definition) is 4. The monoisotopic (exact) mass is 562 g/mol. The Morgan fingerprint density at radius 1 is 0.656 bits per heavy atom. The van der Waals surface area contributed by atoms with Gasteiger partial charge in [-0.3, -0.25) is 0 Å². The predicted molar refractivity (Wildman–Crippen MR) is 122 cm³/mol. The van der Waals surface area contributed by atoms with Gasteiger partial charge >= 0.3 is 0 Å². The van der Waals surface area contributed by atoms with Gasteiger partial charge in [-0.25, -0.2) is 28.1 Å². The molecule has 0 saturated heterocycles. The molecule has 6 nitrogen and oxygen atoms in total. The summed E-state index contributed by atoms with van der Waals surface area (Å²) in [6.07, 6.45) is -1.20. The average molecular weight is 564 g/mol. The molecule has 2 aliphatic heterocycles. The van der Waals surface area contributed by atoms with Crippen molar-refractivity contribution in [3.05, 3.63) is 92.9 Å². The Bertz CT molecular complexity index is 1120. The molecule has 2 aromatic carbocycles. The van der Waals surface area contributed by atoms with Gasteiger partial charge in [0.1, 0.15) is 0 Å². The van der Waals surface area contributed by atoms with Crippen molar-refractivity contribution in [1.29, 1.82) is 0 Å². The van der Waals surface area contributed by atoms with Gasteiger partial charge in [-0.15, -0.1) is 10.2 Å². The first-order valence-corrected chi connectivity index (χ1v) is 11.7. The molecular weight excluding hydrogens is 546 g/mol. The molecule has 0 fully saturated rings. The molecule has 10 heteroatoms. The molecule has 6 rings (SSSR count). The lowest BCUT2D eigenvalue weighted by Crippen LogP contribution is -2.07. The fourth-order valence-corrected chi connectivity index (χ4v) is 4.91. The van der Waals surface area contributed by atoms with E-state index in [-0.39, 0.29) is 12.1 Å². The van der Waals surface area contributed by atoms with Gasteiger partial charge in [-0.05, 0) is 43.0 Å². The van der Waals surface area contributed by atoms with Gasteiger partial charge in [0.2, 0.25) is 9.47 Å². The molecule has 4 heterocycles. The maximum absolute atomic E-state index is 13.7. The number of aromatic nitrogens is 6. The van der Waals surface area contributed by atoms with Gasteiger partial charge in [0.15, 0.2) is 24.0 Å². The topological polar surface area (TPSA) is 61.4 Å². The van der Waals surface area contributed by atoms with Crippen molar-refractivity contribution >= 4 is 31.9 Å². The second kappa shape index (κ2) is 8.82. The van der Waals surface area contributed by atoms with Crippen LogP contribution in [-0.4, -0.2) is 29.5 Å². The van der Waals surface area contributed by atoms with Crippen molar-refractivity contribution in [2.45, 2.75) is 37.3 Å². The normalized spacial score (nSPS) is 23.4. The molecule has 0 radical (unpaired) electrons. The molecule has 164 valence electrons. The van der Waals surface area contributed by atoms with Gasteiger partial charge in [0.25, 0.3) is 0 Å². The van der Waals surface area contributed by atoms with Crippen LogP contribution in [0.25, 0.3) is 0 Å². The molecule has 0 bridgehead atoms. The van der Waals surface area contributed by atoms with E-state index in [1.54, 1.807) is 9.36 Å². The molecule has 0 aliphatic carbocycles. The fraction of sp³-hybridized carbons (Fsp3) is 0.273. The standard InChI is InChI=1S/2C11H9BrFN3/c2*12-11-14-10-8(13)6-9(16(10)15-11)7-4-2-1-3-5-7/h2*1-5,8-9H,6H2/t2*8-,9+/m10/s1. The zero-order valence-corrected chi connectivity index (χ0v) is 19.9. The van der Waals surface area contributed by atoms with Gasteiger partial charge in [0, 0.05) is 12.8 Å². The molecule has 0 spiro atoms. The summed E-state index contributed by atoms with van der Waals surface area (Å²) in [5.41, 5.74) is 2.14. The second-order valence-corrected chi connectivity index (χ2v) is 9.05. The van der Waals surface area contributed by atoms with Gasteiger partial charge in [-0.1, -0.05) is 60.7 Å². The quantitative estimate of drug-likeness (QED) is 0.296. The molecule has 0 saturated carbocycles. The number of benzene rings is 2. The number of alkyl halides is 2. The second-order valence-electron chi connectivity index (χ2n) is 7.63. The maximum Gasteiger partial charge on any atom is 0.217 e. The SMILES string of the molecule is F[C@@H]1C[C@@H](c2ccccc2)n2nc(Br)nc21.F[C@H]1C[C@H](c2ccccc2)n2nc(Br)nc21. The van der Waals surface area contributed by atoms with Crippen LogP contribution in [0, 0.1) is 0 Å². The van der Waals surface area contributed by atoms with E-state index in [1.807, 2.05) is 60.7 Å². The third-order valence-corrected chi connectivity index (χ3v) is 6.32. The Labute approximate surface area is 200 Å². The molecule has 0 amide bonds. The summed E-state index contributed by atoms with van der Waals surface area (Å²) in [7, 11) is 0. The highest BCUT2D eigenvalue weighted by atomic mass is 79.9. The van der Waals surface area contributed by atoms with E-state index in [1.165, 1.54) is 0 Å². The Morgan fingerprint density at radius 3 is 1.41 bits per heavy atom. The van der Waals surface area contributed by atoms with E-state index in [2.05, 4.69) is 52.0 Å². The molecule has 2 aliphatic rings. The largest absolute Gasteiger partial charge is 0.239 e. The average Bonchev–Trinajstić information content (AvgIpc) is 3.53. The minimum Gasteiger partial charge on any atom is -0.239 e. The first-order chi connectivity index (χ1) is 15.5. The van der Waals surface area contributed by atoms with Crippen LogP contribution in [0.1, 0.15) is 60.0 Å². The van der Waals surface area contributed by atoms with E-state index in [9.17, 15) is 8.78 Å². The zero-order chi connectivity index (χ0) is 22.2. The van der Waals surface area contributed by atoms with Crippen molar-refractivity contribution in [1.82, 2.24) is 29.5 Å². The number of nitrogens with zero attached hydrogens (tertiary/aromatic N) is 6. The Hall–Kier alpha value is -2.46. The summed E-state index contributed by atoms with van der Waals surface area (Å²) in [6.45, 7) is 0. The van der Waals surface area contributed by atoms with E-state index < -0.39 is 12.3 Å². The first kappa shape index (κ1) is 21.4. The van der Waals surface area contributed by atoms with Crippen LogP contribution >= 0.6 is 31.9 Å².